The number of anilines is 1. The number of nitrogens with two attached hydrogens (primary N) is 1. The predicted octanol–water partition coefficient (Wildman–Crippen LogP) is 1.05. The lowest BCUT2D eigenvalue weighted by Crippen LogP contribution is -2.48. The fourth-order valence-electron chi connectivity index (χ4n) is 2.58. The Bertz CT molecular complexity index is 464. The summed E-state index contributed by atoms with van der Waals surface area (Å²) in [4.78, 5) is 14.3. The summed E-state index contributed by atoms with van der Waals surface area (Å²) in [5.74, 6) is 0.0207. The topological polar surface area (TPSA) is 67.6 Å². The first-order valence-electron chi connectivity index (χ1n) is 7.03. The van der Waals surface area contributed by atoms with Crippen molar-refractivity contribution in [3.05, 3.63) is 29.8 Å². The molecule has 5 nitrogen and oxygen atoms in total. The minimum atomic E-state index is -0.208. The van der Waals surface area contributed by atoms with Crippen molar-refractivity contribution < 1.29 is 9.53 Å². The SMILES string of the molecule is COCCNC(=O)C(C)N1CCC(N)c2ccccc21. The quantitative estimate of drug-likeness (QED) is 0.789. The minimum Gasteiger partial charge on any atom is -0.383 e. The van der Waals surface area contributed by atoms with Crippen molar-refractivity contribution >= 4 is 11.6 Å². The number of nitrogens with one attached hydrogen (secondary N) is 1. The number of para-hydroxylation sites is 1. The van der Waals surface area contributed by atoms with E-state index in [9.17, 15) is 4.79 Å². The largest absolute Gasteiger partial charge is 0.383 e. The van der Waals surface area contributed by atoms with Crippen LogP contribution in [0.5, 0.6) is 0 Å². The molecular weight excluding hydrogens is 254 g/mol. The van der Waals surface area contributed by atoms with Gasteiger partial charge in [-0.2, -0.15) is 0 Å². The van der Waals surface area contributed by atoms with Crippen molar-refractivity contribution in [3.8, 4) is 0 Å². The summed E-state index contributed by atoms with van der Waals surface area (Å²) >= 11 is 0. The summed E-state index contributed by atoms with van der Waals surface area (Å²) < 4.78 is 4.94. The van der Waals surface area contributed by atoms with Gasteiger partial charge in [-0.15, -0.1) is 0 Å². The van der Waals surface area contributed by atoms with E-state index in [-0.39, 0.29) is 18.0 Å². The third-order valence-electron chi connectivity index (χ3n) is 3.78. The van der Waals surface area contributed by atoms with Crippen LogP contribution in [0.1, 0.15) is 24.9 Å². The zero-order valence-corrected chi connectivity index (χ0v) is 12.1. The van der Waals surface area contributed by atoms with Gasteiger partial charge in [-0.1, -0.05) is 18.2 Å². The van der Waals surface area contributed by atoms with Crippen molar-refractivity contribution in [2.75, 3.05) is 31.7 Å². The van der Waals surface area contributed by atoms with Crippen LogP contribution in [0.4, 0.5) is 5.69 Å². The van der Waals surface area contributed by atoms with E-state index in [0.717, 1.165) is 24.2 Å². The lowest BCUT2D eigenvalue weighted by atomic mass is 9.96. The number of hydrogen-bond acceptors (Lipinski definition) is 4. The van der Waals surface area contributed by atoms with Crippen LogP contribution >= 0.6 is 0 Å². The number of methoxy groups -OCH3 is 1. The van der Waals surface area contributed by atoms with Gasteiger partial charge in [0.05, 0.1) is 6.61 Å². The molecule has 0 saturated heterocycles. The third-order valence-corrected chi connectivity index (χ3v) is 3.78. The Hall–Kier alpha value is -1.59. The van der Waals surface area contributed by atoms with Crippen LogP contribution in [0.2, 0.25) is 0 Å². The van der Waals surface area contributed by atoms with Gasteiger partial charge in [0.25, 0.3) is 0 Å². The van der Waals surface area contributed by atoms with Crippen LogP contribution in [0.25, 0.3) is 0 Å². The molecule has 1 amide bonds. The van der Waals surface area contributed by atoms with Gasteiger partial charge in [0.1, 0.15) is 6.04 Å². The Kier molecular flexibility index (Phi) is 4.98. The summed E-state index contributed by atoms with van der Waals surface area (Å²) in [7, 11) is 1.62. The molecule has 0 spiro atoms. The fraction of sp³-hybridized carbons (Fsp3) is 0.533. The van der Waals surface area contributed by atoms with Gasteiger partial charge in [-0.3, -0.25) is 4.79 Å². The van der Waals surface area contributed by atoms with Gasteiger partial charge in [-0.25, -0.2) is 0 Å². The first-order valence-corrected chi connectivity index (χ1v) is 7.03. The average molecular weight is 277 g/mol. The number of fused-ring (bicyclic) bond motifs is 1. The van der Waals surface area contributed by atoms with Crippen molar-refractivity contribution in [1.82, 2.24) is 5.32 Å². The molecule has 0 saturated carbocycles. The average Bonchev–Trinajstić information content (AvgIpc) is 2.47. The third kappa shape index (κ3) is 3.11. The Labute approximate surface area is 120 Å². The van der Waals surface area contributed by atoms with E-state index in [1.165, 1.54) is 0 Å². The second-order valence-electron chi connectivity index (χ2n) is 5.11. The highest BCUT2D eigenvalue weighted by molar-refractivity contribution is 5.85. The summed E-state index contributed by atoms with van der Waals surface area (Å²) in [5, 5.41) is 2.89. The van der Waals surface area contributed by atoms with E-state index in [4.69, 9.17) is 10.5 Å². The molecule has 0 radical (unpaired) electrons. The number of nitrogens with zero attached hydrogens (tertiary/aromatic N) is 1. The first-order chi connectivity index (χ1) is 9.65. The van der Waals surface area contributed by atoms with Gasteiger partial charge in [0, 0.05) is 31.9 Å². The highest BCUT2D eigenvalue weighted by atomic mass is 16.5. The van der Waals surface area contributed by atoms with E-state index >= 15 is 0 Å². The molecule has 2 rings (SSSR count). The van der Waals surface area contributed by atoms with Crippen molar-refractivity contribution in [3.63, 3.8) is 0 Å². The van der Waals surface area contributed by atoms with Crippen LogP contribution < -0.4 is 16.0 Å². The van der Waals surface area contributed by atoms with Crippen LogP contribution in [0, 0.1) is 0 Å². The van der Waals surface area contributed by atoms with Crippen molar-refractivity contribution in [2.45, 2.75) is 25.4 Å². The normalized spacial score (nSPS) is 19.4. The number of amides is 1. The smallest absolute Gasteiger partial charge is 0.242 e. The molecule has 1 aromatic carbocycles. The summed E-state index contributed by atoms with van der Waals surface area (Å²) in [5.41, 5.74) is 8.33. The Morgan fingerprint density at radius 1 is 1.55 bits per heavy atom. The maximum Gasteiger partial charge on any atom is 0.242 e. The second-order valence-corrected chi connectivity index (χ2v) is 5.11. The molecule has 3 N–H and O–H groups in total. The van der Waals surface area contributed by atoms with Crippen LogP contribution in [0.15, 0.2) is 24.3 Å². The lowest BCUT2D eigenvalue weighted by Gasteiger charge is -2.37. The van der Waals surface area contributed by atoms with Crippen LogP contribution in [-0.4, -0.2) is 38.8 Å². The number of benzene rings is 1. The Balaban J connectivity index is 2.09. The van der Waals surface area contributed by atoms with Gasteiger partial charge in [0.2, 0.25) is 5.91 Å². The van der Waals surface area contributed by atoms with E-state index in [0.29, 0.717) is 13.2 Å². The number of hydrogen-bond donors (Lipinski definition) is 2. The minimum absolute atomic E-state index is 0.0207. The van der Waals surface area contributed by atoms with Gasteiger partial charge in [0.15, 0.2) is 0 Å². The molecular formula is C15H23N3O2. The summed E-state index contributed by atoms with van der Waals surface area (Å²) in [6.45, 7) is 3.79. The highest BCUT2D eigenvalue weighted by Gasteiger charge is 2.28. The van der Waals surface area contributed by atoms with Crippen molar-refractivity contribution in [1.29, 1.82) is 0 Å². The van der Waals surface area contributed by atoms with E-state index in [1.54, 1.807) is 7.11 Å². The highest BCUT2D eigenvalue weighted by Crippen LogP contribution is 2.33. The van der Waals surface area contributed by atoms with Gasteiger partial charge in [-0.05, 0) is 25.0 Å². The second kappa shape index (κ2) is 6.72. The molecule has 2 atom stereocenters. The molecule has 0 bridgehead atoms. The van der Waals surface area contributed by atoms with E-state index in [2.05, 4.69) is 10.2 Å². The van der Waals surface area contributed by atoms with Gasteiger partial charge < -0.3 is 20.7 Å². The zero-order valence-electron chi connectivity index (χ0n) is 12.1. The Morgan fingerprint density at radius 2 is 2.30 bits per heavy atom. The molecule has 0 fully saturated rings. The molecule has 0 aliphatic carbocycles. The molecule has 2 unspecified atom stereocenters. The Morgan fingerprint density at radius 3 is 3.05 bits per heavy atom. The van der Waals surface area contributed by atoms with E-state index < -0.39 is 0 Å². The zero-order chi connectivity index (χ0) is 14.5. The molecule has 1 aliphatic heterocycles. The first kappa shape index (κ1) is 14.8. The van der Waals surface area contributed by atoms with Crippen molar-refractivity contribution in [2.24, 2.45) is 5.73 Å². The molecule has 20 heavy (non-hydrogen) atoms. The molecule has 1 aliphatic rings. The molecule has 110 valence electrons. The number of rotatable bonds is 5. The standard InChI is InChI=1S/C15H23N3O2/c1-11(15(19)17-8-10-20-2)18-9-7-13(16)12-5-3-4-6-14(12)18/h3-6,11,13H,7-10,16H2,1-2H3,(H,17,19). The van der Waals surface area contributed by atoms with E-state index in [1.807, 2.05) is 31.2 Å². The summed E-state index contributed by atoms with van der Waals surface area (Å²) in [6, 6.07) is 7.91. The molecule has 5 heteroatoms. The maximum atomic E-state index is 12.2. The number of carbonyl (C=O) groups is 1. The predicted molar refractivity (Wildman–Crippen MR) is 79.7 cm³/mol. The molecule has 1 heterocycles. The molecule has 1 aromatic rings. The number of carbonyl (C=O) groups excluding carboxylic acids is 1. The fourth-order valence-corrected chi connectivity index (χ4v) is 2.58. The summed E-state index contributed by atoms with van der Waals surface area (Å²) in [6.07, 6.45) is 0.868. The van der Waals surface area contributed by atoms with Gasteiger partial charge >= 0.3 is 0 Å². The van der Waals surface area contributed by atoms with Crippen LogP contribution in [0.3, 0.4) is 0 Å². The van der Waals surface area contributed by atoms with Crippen LogP contribution in [-0.2, 0) is 9.53 Å². The lowest BCUT2D eigenvalue weighted by molar-refractivity contribution is -0.122. The maximum absolute atomic E-state index is 12.2. The molecule has 0 aromatic heterocycles. The number of ether oxygens (including phenoxy) is 1. The monoisotopic (exact) mass is 277 g/mol.